The standard InChI is InChI=1S/C10H24NO3P/c1-5-6-7-10-15(12,13)14-9-8-11(2,3)4/h5-10H2,1-4H3/p+1. The average molecular weight is 238 g/mol. The van der Waals surface area contributed by atoms with Crippen molar-refractivity contribution in [2.24, 2.45) is 0 Å². The summed E-state index contributed by atoms with van der Waals surface area (Å²) in [5, 5.41) is 0. The first kappa shape index (κ1) is 15.1. The molecule has 4 nitrogen and oxygen atoms in total. The zero-order chi connectivity index (χ0) is 11.9. The maximum Gasteiger partial charge on any atom is 0.328 e. The summed E-state index contributed by atoms with van der Waals surface area (Å²) in [5.74, 6) is 0. The zero-order valence-electron chi connectivity index (χ0n) is 10.4. The second kappa shape index (κ2) is 6.64. The largest absolute Gasteiger partial charge is 0.329 e. The van der Waals surface area contributed by atoms with E-state index in [-0.39, 0.29) is 6.16 Å². The van der Waals surface area contributed by atoms with Crippen LogP contribution >= 0.6 is 7.60 Å². The fourth-order valence-electron chi connectivity index (χ4n) is 1.08. The lowest BCUT2D eigenvalue weighted by molar-refractivity contribution is -0.870. The molecule has 5 heteroatoms. The molecule has 0 saturated carbocycles. The van der Waals surface area contributed by atoms with Crippen LogP contribution in [0.15, 0.2) is 0 Å². The van der Waals surface area contributed by atoms with Gasteiger partial charge in [0.1, 0.15) is 13.2 Å². The minimum atomic E-state index is -3.32. The van der Waals surface area contributed by atoms with Crippen molar-refractivity contribution in [3.05, 3.63) is 0 Å². The molecule has 1 unspecified atom stereocenters. The first-order chi connectivity index (χ1) is 6.77. The lowest BCUT2D eigenvalue weighted by atomic mass is 10.3. The minimum absolute atomic E-state index is 0.290. The van der Waals surface area contributed by atoms with Crippen LogP contribution in [0, 0.1) is 0 Å². The van der Waals surface area contributed by atoms with E-state index in [0.717, 1.165) is 30.3 Å². The van der Waals surface area contributed by atoms with Crippen molar-refractivity contribution >= 4 is 7.60 Å². The van der Waals surface area contributed by atoms with Gasteiger partial charge >= 0.3 is 7.60 Å². The Bertz CT molecular complexity index is 213. The van der Waals surface area contributed by atoms with Crippen molar-refractivity contribution in [1.82, 2.24) is 0 Å². The number of quaternary nitrogens is 1. The number of rotatable bonds is 8. The average Bonchev–Trinajstić information content (AvgIpc) is 2.01. The van der Waals surface area contributed by atoms with Crippen LogP contribution in [-0.2, 0) is 9.09 Å². The molecule has 0 aromatic carbocycles. The predicted molar refractivity (Wildman–Crippen MR) is 63.1 cm³/mol. The van der Waals surface area contributed by atoms with E-state index in [2.05, 4.69) is 6.92 Å². The van der Waals surface area contributed by atoms with Crippen LogP contribution in [0.5, 0.6) is 0 Å². The van der Waals surface area contributed by atoms with Crippen LogP contribution in [0.25, 0.3) is 0 Å². The van der Waals surface area contributed by atoms with E-state index >= 15 is 0 Å². The summed E-state index contributed by atoms with van der Waals surface area (Å²) in [7, 11) is 2.77. The monoisotopic (exact) mass is 238 g/mol. The Morgan fingerprint density at radius 2 is 1.87 bits per heavy atom. The van der Waals surface area contributed by atoms with Crippen molar-refractivity contribution in [2.45, 2.75) is 26.2 Å². The molecule has 0 radical (unpaired) electrons. The molecule has 0 aromatic rings. The number of nitrogens with zero attached hydrogens (tertiary/aromatic N) is 1. The van der Waals surface area contributed by atoms with Gasteiger partial charge in [-0.15, -0.1) is 0 Å². The van der Waals surface area contributed by atoms with Gasteiger partial charge in [0.15, 0.2) is 0 Å². The Hall–Kier alpha value is 0.110. The Kier molecular flexibility index (Phi) is 6.69. The summed E-state index contributed by atoms with van der Waals surface area (Å²) >= 11 is 0. The molecule has 0 amide bonds. The second-order valence-corrected chi connectivity index (χ2v) is 6.90. The van der Waals surface area contributed by atoms with E-state index < -0.39 is 7.60 Å². The molecule has 1 atom stereocenters. The van der Waals surface area contributed by atoms with Crippen molar-refractivity contribution in [1.29, 1.82) is 0 Å². The van der Waals surface area contributed by atoms with E-state index in [1.54, 1.807) is 0 Å². The van der Waals surface area contributed by atoms with E-state index in [1.165, 1.54) is 0 Å². The Labute approximate surface area is 93.4 Å². The SMILES string of the molecule is CCCCCP(=O)(O)OCC[N+](C)(C)C. The van der Waals surface area contributed by atoms with Gasteiger partial charge in [-0.05, 0) is 6.42 Å². The maximum absolute atomic E-state index is 11.5. The summed E-state index contributed by atoms with van der Waals surface area (Å²) in [5.41, 5.74) is 0. The van der Waals surface area contributed by atoms with Crippen molar-refractivity contribution in [2.75, 3.05) is 40.5 Å². The third kappa shape index (κ3) is 10.4. The lowest BCUT2D eigenvalue weighted by Crippen LogP contribution is -2.37. The molecule has 0 aliphatic heterocycles. The Morgan fingerprint density at radius 1 is 1.27 bits per heavy atom. The van der Waals surface area contributed by atoms with Gasteiger partial charge in [0.25, 0.3) is 0 Å². The molecule has 0 aromatic heterocycles. The first-order valence-corrected chi connectivity index (χ1v) is 7.30. The Balaban J connectivity index is 3.69. The van der Waals surface area contributed by atoms with Gasteiger partial charge in [-0.1, -0.05) is 19.8 Å². The molecule has 0 saturated heterocycles. The third-order valence-corrected chi connectivity index (χ3v) is 3.57. The summed E-state index contributed by atoms with van der Waals surface area (Å²) in [4.78, 5) is 9.46. The normalized spacial score (nSPS) is 16.3. The highest BCUT2D eigenvalue weighted by Crippen LogP contribution is 2.42. The highest BCUT2D eigenvalue weighted by atomic mass is 31.2. The molecule has 0 rings (SSSR count). The number of hydrogen-bond acceptors (Lipinski definition) is 2. The predicted octanol–water partition coefficient (Wildman–Crippen LogP) is 2.08. The number of unbranched alkanes of at least 4 members (excludes halogenated alkanes) is 2. The van der Waals surface area contributed by atoms with Gasteiger partial charge in [0.05, 0.1) is 21.1 Å². The van der Waals surface area contributed by atoms with E-state index in [4.69, 9.17) is 4.52 Å². The van der Waals surface area contributed by atoms with Gasteiger partial charge in [-0.25, -0.2) is 0 Å². The van der Waals surface area contributed by atoms with Crippen molar-refractivity contribution in [3.8, 4) is 0 Å². The molecule has 0 bridgehead atoms. The lowest BCUT2D eigenvalue weighted by Gasteiger charge is -2.24. The quantitative estimate of drug-likeness (QED) is 0.400. The fraction of sp³-hybridized carbons (Fsp3) is 1.00. The summed E-state index contributed by atoms with van der Waals surface area (Å²) in [6, 6.07) is 0. The molecule has 0 heterocycles. The first-order valence-electron chi connectivity index (χ1n) is 5.54. The number of hydrogen-bond donors (Lipinski definition) is 1. The van der Waals surface area contributed by atoms with Crippen LogP contribution in [-0.4, -0.2) is 49.8 Å². The van der Waals surface area contributed by atoms with Crippen LogP contribution in [0.2, 0.25) is 0 Å². The summed E-state index contributed by atoms with van der Waals surface area (Å²) in [6.07, 6.45) is 3.11. The summed E-state index contributed by atoms with van der Waals surface area (Å²) < 4.78 is 17.3. The van der Waals surface area contributed by atoms with Gasteiger partial charge in [0.2, 0.25) is 0 Å². The molecule has 15 heavy (non-hydrogen) atoms. The minimum Gasteiger partial charge on any atom is -0.329 e. The topological polar surface area (TPSA) is 46.5 Å². The molecule has 0 fully saturated rings. The smallest absolute Gasteiger partial charge is 0.328 e. The molecule has 1 N–H and O–H groups in total. The van der Waals surface area contributed by atoms with Crippen molar-refractivity contribution < 1.29 is 18.5 Å². The second-order valence-electron chi connectivity index (χ2n) is 4.92. The van der Waals surface area contributed by atoms with Gasteiger partial charge < -0.3 is 13.9 Å². The summed E-state index contributed by atoms with van der Waals surface area (Å²) in [6.45, 7) is 3.17. The highest BCUT2D eigenvalue weighted by Gasteiger charge is 2.19. The zero-order valence-corrected chi connectivity index (χ0v) is 11.3. The molecule has 0 spiro atoms. The van der Waals surface area contributed by atoms with Gasteiger partial charge in [-0.3, -0.25) is 4.57 Å². The van der Waals surface area contributed by atoms with Gasteiger partial charge in [0, 0.05) is 6.16 Å². The van der Waals surface area contributed by atoms with E-state index in [9.17, 15) is 9.46 Å². The molecular weight excluding hydrogens is 213 g/mol. The van der Waals surface area contributed by atoms with Crippen LogP contribution in [0.3, 0.4) is 0 Å². The number of likely N-dealkylation sites (N-methyl/N-ethyl adjacent to an activating group) is 1. The third-order valence-electron chi connectivity index (χ3n) is 2.10. The van der Waals surface area contributed by atoms with Crippen LogP contribution < -0.4 is 0 Å². The molecular formula is C10H25NO3P+. The van der Waals surface area contributed by atoms with Crippen LogP contribution in [0.4, 0.5) is 0 Å². The molecule has 0 aliphatic carbocycles. The highest BCUT2D eigenvalue weighted by molar-refractivity contribution is 7.52. The maximum atomic E-state index is 11.5. The van der Waals surface area contributed by atoms with E-state index in [0.29, 0.717) is 6.61 Å². The van der Waals surface area contributed by atoms with Crippen LogP contribution in [0.1, 0.15) is 26.2 Å². The fourth-order valence-corrected chi connectivity index (χ4v) is 2.20. The Morgan fingerprint density at radius 3 is 2.33 bits per heavy atom. The van der Waals surface area contributed by atoms with Gasteiger partial charge in [-0.2, -0.15) is 0 Å². The van der Waals surface area contributed by atoms with Crippen molar-refractivity contribution in [3.63, 3.8) is 0 Å². The molecule has 92 valence electrons. The molecule has 0 aliphatic rings. The van der Waals surface area contributed by atoms with E-state index in [1.807, 2.05) is 21.1 Å².